The molecule has 88 valence electrons. The number of hydrogen-bond acceptors (Lipinski definition) is 3. The molecule has 2 N–H and O–H groups in total. The first-order valence-electron chi connectivity index (χ1n) is 6.34. The van der Waals surface area contributed by atoms with E-state index >= 15 is 0 Å². The number of nitrogens with two attached hydrogens (primary N) is 1. The lowest BCUT2D eigenvalue weighted by atomic mass is 10.1. The topological polar surface area (TPSA) is 53.0 Å². The van der Waals surface area contributed by atoms with Crippen LogP contribution in [0.2, 0.25) is 0 Å². The molecule has 3 rings (SSSR count). The van der Waals surface area contributed by atoms with Crippen LogP contribution in [-0.4, -0.2) is 12.6 Å². The molecule has 0 heterocycles. The molecule has 0 saturated heterocycles. The van der Waals surface area contributed by atoms with Gasteiger partial charge >= 0.3 is 0 Å². The van der Waals surface area contributed by atoms with E-state index in [0.717, 1.165) is 23.8 Å². The average Bonchev–Trinajstić information content (AvgIpc) is 3.18. The van der Waals surface area contributed by atoms with Gasteiger partial charge in [-0.25, -0.2) is 0 Å². The second-order valence-electron chi connectivity index (χ2n) is 5.21. The Morgan fingerprint density at radius 2 is 2.06 bits per heavy atom. The highest BCUT2D eigenvalue weighted by atomic mass is 15.2. The maximum atomic E-state index is 8.85. The van der Waals surface area contributed by atoms with Crippen LogP contribution in [0.5, 0.6) is 0 Å². The minimum atomic E-state index is 0.647. The van der Waals surface area contributed by atoms with Gasteiger partial charge in [0.05, 0.1) is 23.0 Å². The van der Waals surface area contributed by atoms with Crippen LogP contribution in [0.1, 0.15) is 31.2 Å². The lowest BCUT2D eigenvalue weighted by Gasteiger charge is -2.26. The fourth-order valence-electron chi connectivity index (χ4n) is 2.29. The Balaban J connectivity index is 1.86. The molecule has 3 nitrogen and oxygen atoms in total. The summed E-state index contributed by atoms with van der Waals surface area (Å²) in [4.78, 5) is 2.45. The summed E-state index contributed by atoms with van der Waals surface area (Å²) in [6.07, 6.45) is 5.29. The molecular weight excluding hydrogens is 210 g/mol. The highest BCUT2D eigenvalue weighted by Gasteiger charge is 2.34. The van der Waals surface area contributed by atoms with Gasteiger partial charge in [-0.3, -0.25) is 0 Å². The van der Waals surface area contributed by atoms with Crippen molar-refractivity contribution >= 4 is 11.4 Å². The van der Waals surface area contributed by atoms with Crippen LogP contribution >= 0.6 is 0 Å². The molecular formula is C14H17N3. The third-order valence-corrected chi connectivity index (χ3v) is 3.61. The Hall–Kier alpha value is -1.69. The molecule has 3 heteroatoms. The molecule has 0 aromatic heterocycles. The summed E-state index contributed by atoms with van der Waals surface area (Å²) in [5.74, 6) is 0.866. The lowest BCUT2D eigenvalue weighted by molar-refractivity contribution is 0.720. The van der Waals surface area contributed by atoms with Crippen LogP contribution in [-0.2, 0) is 0 Å². The van der Waals surface area contributed by atoms with Crippen molar-refractivity contribution in [2.75, 3.05) is 17.2 Å². The summed E-state index contributed by atoms with van der Waals surface area (Å²) in [7, 11) is 0. The average molecular weight is 227 g/mol. The van der Waals surface area contributed by atoms with Crippen LogP contribution in [0.15, 0.2) is 18.2 Å². The van der Waals surface area contributed by atoms with Crippen molar-refractivity contribution in [2.45, 2.75) is 31.7 Å². The molecule has 2 fully saturated rings. The van der Waals surface area contributed by atoms with Crippen molar-refractivity contribution in [2.24, 2.45) is 5.92 Å². The molecule has 0 unspecified atom stereocenters. The lowest BCUT2D eigenvalue weighted by Crippen LogP contribution is -2.28. The highest BCUT2D eigenvalue weighted by Crippen LogP contribution is 2.39. The standard InChI is InChI=1S/C14H17N3/c15-8-11-3-6-14(13(16)7-11)17(12-4-5-12)9-10-1-2-10/h3,6-7,10,12H,1-2,4-5,9,16H2. The zero-order chi connectivity index (χ0) is 11.8. The molecule has 1 aromatic rings. The van der Waals surface area contributed by atoms with Crippen LogP contribution in [0.3, 0.4) is 0 Å². The molecule has 0 atom stereocenters. The van der Waals surface area contributed by atoms with E-state index in [1.807, 2.05) is 12.1 Å². The van der Waals surface area contributed by atoms with E-state index in [4.69, 9.17) is 11.0 Å². The number of hydrogen-bond donors (Lipinski definition) is 1. The van der Waals surface area contributed by atoms with E-state index in [1.165, 1.54) is 25.7 Å². The number of rotatable bonds is 4. The zero-order valence-corrected chi connectivity index (χ0v) is 9.89. The normalized spacial score (nSPS) is 18.8. The first kappa shape index (κ1) is 10.5. The monoisotopic (exact) mass is 227 g/mol. The maximum absolute atomic E-state index is 8.85. The number of anilines is 2. The summed E-state index contributed by atoms with van der Waals surface area (Å²) in [6, 6.07) is 8.49. The van der Waals surface area contributed by atoms with Gasteiger partial charge in [-0.2, -0.15) is 5.26 Å². The molecule has 0 bridgehead atoms. The Labute approximate surface area is 102 Å². The van der Waals surface area contributed by atoms with E-state index < -0.39 is 0 Å². The van der Waals surface area contributed by atoms with Crippen LogP contribution in [0.4, 0.5) is 11.4 Å². The van der Waals surface area contributed by atoms with Gasteiger partial charge in [0.2, 0.25) is 0 Å². The van der Waals surface area contributed by atoms with E-state index in [1.54, 1.807) is 6.07 Å². The minimum absolute atomic E-state index is 0.647. The quantitative estimate of drug-likeness (QED) is 0.804. The molecule has 0 spiro atoms. The largest absolute Gasteiger partial charge is 0.397 e. The summed E-state index contributed by atoms with van der Waals surface area (Å²) < 4.78 is 0. The van der Waals surface area contributed by atoms with Crippen LogP contribution < -0.4 is 10.6 Å². The van der Waals surface area contributed by atoms with Gasteiger partial charge in [0.25, 0.3) is 0 Å². The molecule has 17 heavy (non-hydrogen) atoms. The van der Waals surface area contributed by atoms with Gasteiger partial charge in [0.1, 0.15) is 0 Å². The molecule has 0 aliphatic heterocycles. The van der Waals surface area contributed by atoms with Crippen molar-refractivity contribution < 1.29 is 0 Å². The summed E-state index contributed by atoms with van der Waals surface area (Å²) in [6.45, 7) is 1.14. The van der Waals surface area contributed by atoms with Gasteiger partial charge < -0.3 is 10.6 Å². The SMILES string of the molecule is N#Cc1ccc(N(CC2CC2)C2CC2)c(N)c1. The van der Waals surface area contributed by atoms with E-state index in [2.05, 4.69) is 11.0 Å². The predicted molar refractivity (Wildman–Crippen MR) is 68.7 cm³/mol. The van der Waals surface area contributed by atoms with Crippen LogP contribution in [0, 0.1) is 17.2 Å². The van der Waals surface area contributed by atoms with E-state index in [9.17, 15) is 0 Å². The van der Waals surface area contributed by atoms with Gasteiger partial charge in [-0.15, -0.1) is 0 Å². The maximum Gasteiger partial charge on any atom is 0.0992 e. The van der Waals surface area contributed by atoms with Gasteiger partial charge in [0, 0.05) is 12.6 Å². The number of nitrogen functional groups attached to an aromatic ring is 1. The first-order valence-corrected chi connectivity index (χ1v) is 6.34. The Morgan fingerprint density at radius 3 is 2.59 bits per heavy atom. The summed E-state index contributed by atoms with van der Waals surface area (Å²) in [5.41, 5.74) is 8.58. The fraction of sp³-hybridized carbons (Fsp3) is 0.500. The van der Waals surface area contributed by atoms with Gasteiger partial charge in [0.15, 0.2) is 0 Å². The van der Waals surface area contributed by atoms with Crippen molar-refractivity contribution in [1.82, 2.24) is 0 Å². The Bertz CT molecular complexity index is 467. The second kappa shape index (κ2) is 3.96. The number of nitrogens with zero attached hydrogens (tertiary/aromatic N) is 2. The van der Waals surface area contributed by atoms with Crippen molar-refractivity contribution in [1.29, 1.82) is 5.26 Å². The molecule has 2 saturated carbocycles. The van der Waals surface area contributed by atoms with Crippen molar-refractivity contribution in [3.8, 4) is 6.07 Å². The molecule has 2 aliphatic carbocycles. The smallest absolute Gasteiger partial charge is 0.0992 e. The summed E-state index contributed by atoms with van der Waals surface area (Å²) in [5, 5.41) is 8.85. The van der Waals surface area contributed by atoms with Crippen molar-refractivity contribution in [3.05, 3.63) is 23.8 Å². The third kappa shape index (κ3) is 2.21. The van der Waals surface area contributed by atoms with Crippen LogP contribution in [0.25, 0.3) is 0 Å². The minimum Gasteiger partial charge on any atom is -0.397 e. The molecule has 2 aliphatic rings. The van der Waals surface area contributed by atoms with Gasteiger partial charge in [-0.1, -0.05) is 0 Å². The van der Waals surface area contributed by atoms with E-state index in [-0.39, 0.29) is 0 Å². The third-order valence-electron chi connectivity index (χ3n) is 3.61. The van der Waals surface area contributed by atoms with E-state index in [0.29, 0.717) is 11.6 Å². The Kier molecular flexibility index (Phi) is 2.44. The van der Waals surface area contributed by atoms with Crippen molar-refractivity contribution in [3.63, 3.8) is 0 Å². The molecule has 0 radical (unpaired) electrons. The fourth-order valence-corrected chi connectivity index (χ4v) is 2.29. The first-order chi connectivity index (χ1) is 8.28. The number of benzene rings is 1. The second-order valence-corrected chi connectivity index (χ2v) is 5.21. The zero-order valence-electron chi connectivity index (χ0n) is 9.89. The molecule has 1 aromatic carbocycles. The Morgan fingerprint density at radius 1 is 1.29 bits per heavy atom. The molecule has 0 amide bonds. The number of nitriles is 1. The highest BCUT2D eigenvalue weighted by molar-refractivity contribution is 5.70. The summed E-state index contributed by atoms with van der Waals surface area (Å²) >= 11 is 0. The van der Waals surface area contributed by atoms with Gasteiger partial charge in [-0.05, 0) is 49.8 Å². The predicted octanol–water partition coefficient (Wildman–Crippen LogP) is 2.52.